The summed E-state index contributed by atoms with van der Waals surface area (Å²) in [6.45, 7) is 9.16. The number of halogens is 2. The minimum Gasteiger partial charge on any atom is -0.314 e. The summed E-state index contributed by atoms with van der Waals surface area (Å²) in [5.41, 5.74) is 1.42. The molecule has 2 heterocycles. The van der Waals surface area contributed by atoms with Crippen LogP contribution in [0.5, 0.6) is 0 Å². The van der Waals surface area contributed by atoms with Crippen LogP contribution in [0, 0.1) is 5.92 Å². The van der Waals surface area contributed by atoms with Crippen LogP contribution in [0.1, 0.15) is 38.3 Å². The maximum absolute atomic E-state index is 4.14. The molecule has 1 aromatic heterocycles. The Kier molecular flexibility index (Phi) is 10.2. The highest BCUT2D eigenvalue weighted by Gasteiger charge is 2.21. The van der Waals surface area contributed by atoms with Crippen LogP contribution in [-0.2, 0) is 0 Å². The molecule has 2 rings (SSSR count). The van der Waals surface area contributed by atoms with Crippen LogP contribution in [0.25, 0.3) is 0 Å². The highest BCUT2D eigenvalue weighted by Crippen LogP contribution is 2.27. The zero-order chi connectivity index (χ0) is 12.8. The van der Waals surface area contributed by atoms with E-state index in [4.69, 9.17) is 0 Å². The van der Waals surface area contributed by atoms with Crippen molar-refractivity contribution in [3.8, 4) is 0 Å². The number of pyridine rings is 1. The summed E-state index contributed by atoms with van der Waals surface area (Å²) in [6.07, 6.45) is 6.37. The Morgan fingerprint density at radius 2 is 1.70 bits per heavy atom. The minimum absolute atomic E-state index is 0. The lowest BCUT2D eigenvalue weighted by Gasteiger charge is -2.35. The Labute approximate surface area is 135 Å². The van der Waals surface area contributed by atoms with E-state index in [1.807, 2.05) is 12.4 Å². The van der Waals surface area contributed by atoms with Gasteiger partial charge in [0, 0.05) is 44.6 Å². The maximum Gasteiger partial charge on any atom is 0.0350 e. The number of nitrogens with one attached hydrogen (secondary N) is 1. The highest BCUT2D eigenvalue weighted by atomic mass is 35.5. The molecule has 0 unspecified atom stereocenters. The first-order valence-corrected chi connectivity index (χ1v) is 7.12. The van der Waals surface area contributed by atoms with Gasteiger partial charge in [-0.05, 0) is 36.5 Å². The van der Waals surface area contributed by atoms with Gasteiger partial charge in [-0.3, -0.25) is 9.88 Å². The predicted octanol–water partition coefficient (Wildman–Crippen LogP) is 3.31. The molecule has 116 valence electrons. The van der Waals surface area contributed by atoms with E-state index in [1.54, 1.807) is 0 Å². The summed E-state index contributed by atoms with van der Waals surface area (Å²) >= 11 is 0. The molecule has 0 amide bonds. The predicted molar refractivity (Wildman–Crippen MR) is 90.0 cm³/mol. The molecule has 0 spiro atoms. The Hall–Kier alpha value is -0.350. The Morgan fingerprint density at radius 3 is 2.25 bits per heavy atom. The average molecular weight is 320 g/mol. The van der Waals surface area contributed by atoms with Crippen LogP contribution in [-0.4, -0.2) is 36.1 Å². The summed E-state index contributed by atoms with van der Waals surface area (Å²) in [5.74, 6) is 0.775. The van der Waals surface area contributed by atoms with Crippen molar-refractivity contribution in [3.63, 3.8) is 0 Å². The minimum atomic E-state index is 0. The van der Waals surface area contributed by atoms with Gasteiger partial charge in [-0.25, -0.2) is 0 Å². The Morgan fingerprint density at radius 1 is 1.10 bits per heavy atom. The average Bonchev–Trinajstić information content (AvgIpc) is 2.41. The third-order valence-corrected chi connectivity index (χ3v) is 3.70. The first-order chi connectivity index (χ1) is 8.77. The normalized spacial score (nSPS) is 17.1. The summed E-state index contributed by atoms with van der Waals surface area (Å²) < 4.78 is 0. The van der Waals surface area contributed by atoms with Crippen molar-refractivity contribution < 1.29 is 0 Å². The molecule has 1 aliphatic rings. The fourth-order valence-electron chi connectivity index (χ4n) is 2.63. The van der Waals surface area contributed by atoms with Gasteiger partial charge in [0.15, 0.2) is 0 Å². The van der Waals surface area contributed by atoms with Gasteiger partial charge in [-0.15, -0.1) is 24.8 Å². The maximum atomic E-state index is 4.14. The molecule has 0 saturated carbocycles. The first-order valence-electron chi connectivity index (χ1n) is 7.12. The number of piperazine rings is 1. The van der Waals surface area contributed by atoms with Gasteiger partial charge in [0.1, 0.15) is 0 Å². The van der Waals surface area contributed by atoms with Crippen LogP contribution >= 0.6 is 24.8 Å². The molecule has 1 atom stereocenters. The van der Waals surface area contributed by atoms with Crippen molar-refractivity contribution in [2.24, 2.45) is 5.92 Å². The van der Waals surface area contributed by atoms with E-state index < -0.39 is 0 Å². The second-order valence-electron chi connectivity index (χ2n) is 5.55. The van der Waals surface area contributed by atoms with E-state index in [9.17, 15) is 0 Å². The van der Waals surface area contributed by atoms with Crippen LogP contribution in [0.2, 0.25) is 0 Å². The second-order valence-corrected chi connectivity index (χ2v) is 5.55. The molecule has 0 radical (unpaired) electrons. The summed E-state index contributed by atoms with van der Waals surface area (Å²) in [7, 11) is 0. The fraction of sp³-hybridized carbons (Fsp3) is 0.667. The fourth-order valence-corrected chi connectivity index (χ4v) is 2.63. The van der Waals surface area contributed by atoms with Gasteiger partial charge in [0.25, 0.3) is 0 Å². The van der Waals surface area contributed by atoms with Gasteiger partial charge >= 0.3 is 0 Å². The topological polar surface area (TPSA) is 28.2 Å². The quantitative estimate of drug-likeness (QED) is 0.902. The van der Waals surface area contributed by atoms with E-state index in [0.29, 0.717) is 6.04 Å². The third kappa shape index (κ3) is 5.96. The van der Waals surface area contributed by atoms with Crippen LogP contribution in [0.3, 0.4) is 0 Å². The zero-order valence-corrected chi connectivity index (χ0v) is 14.1. The van der Waals surface area contributed by atoms with E-state index in [0.717, 1.165) is 32.1 Å². The largest absolute Gasteiger partial charge is 0.314 e. The van der Waals surface area contributed by atoms with Crippen LogP contribution in [0.4, 0.5) is 0 Å². The molecule has 1 fully saturated rings. The molecule has 0 aromatic carbocycles. The molecule has 1 saturated heterocycles. The van der Waals surface area contributed by atoms with E-state index in [-0.39, 0.29) is 24.8 Å². The van der Waals surface area contributed by atoms with Gasteiger partial charge in [-0.1, -0.05) is 13.8 Å². The molecule has 0 bridgehead atoms. The van der Waals surface area contributed by atoms with Crippen LogP contribution < -0.4 is 5.32 Å². The highest BCUT2D eigenvalue weighted by molar-refractivity contribution is 5.85. The van der Waals surface area contributed by atoms with Crippen molar-refractivity contribution in [1.82, 2.24) is 15.2 Å². The van der Waals surface area contributed by atoms with Gasteiger partial charge in [-0.2, -0.15) is 0 Å². The van der Waals surface area contributed by atoms with Crippen molar-refractivity contribution in [3.05, 3.63) is 30.1 Å². The zero-order valence-electron chi connectivity index (χ0n) is 12.4. The number of nitrogens with zero attached hydrogens (tertiary/aromatic N) is 2. The number of rotatable bonds is 5. The molecule has 0 aliphatic carbocycles. The third-order valence-electron chi connectivity index (χ3n) is 3.70. The SMILES string of the molecule is CC(C)CC[C@@H](c1ccncc1)N1CCNCC1.Cl.Cl. The number of hydrogen-bond acceptors (Lipinski definition) is 3. The summed E-state index contributed by atoms with van der Waals surface area (Å²) in [4.78, 5) is 6.76. The lowest BCUT2D eigenvalue weighted by Crippen LogP contribution is -2.45. The molecular weight excluding hydrogens is 293 g/mol. The smallest absolute Gasteiger partial charge is 0.0350 e. The number of hydrogen-bond donors (Lipinski definition) is 1. The lowest BCUT2D eigenvalue weighted by atomic mass is 9.96. The summed E-state index contributed by atoms with van der Waals surface area (Å²) in [6, 6.07) is 4.91. The molecule has 20 heavy (non-hydrogen) atoms. The molecule has 1 N–H and O–H groups in total. The van der Waals surface area contributed by atoms with Crippen LogP contribution in [0.15, 0.2) is 24.5 Å². The van der Waals surface area contributed by atoms with Crippen molar-refractivity contribution in [2.75, 3.05) is 26.2 Å². The van der Waals surface area contributed by atoms with Crippen molar-refractivity contribution in [2.45, 2.75) is 32.7 Å². The van der Waals surface area contributed by atoms with Gasteiger partial charge in [0.2, 0.25) is 0 Å². The molecule has 1 aromatic rings. The molecular formula is C15H27Cl2N3. The molecule has 3 nitrogen and oxygen atoms in total. The van der Waals surface area contributed by atoms with Crippen molar-refractivity contribution >= 4 is 24.8 Å². The molecule has 1 aliphatic heterocycles. The summed E-state index contributed by atoms with van der Waals surface area (Å²) in [5, 5.41) is 3.43. The van der Waals surface area contributed by atoms with Gasteiger partial charge in [0.05, 0.1) is 0 Å². The Bertz CT molecular complexity index is 340. The molecule has 5 heteroatoms. The lowest BCUT2D eigenvalue weighted by molar-refractivity contribution is 0.159. The Balaban J connectivity index is 0.00000180. The van der Waals surface area contributed by atoms with Gasteiger partial charge < -0.3 is 5.32 Å². The van der Waals surface area contributed by atoms with E-state index >= 15 is 0 Å². The number of aromatic nitrogens is 1. The first kappa shape index (κ1) is 19.7. The second kappa shape index (κ2) is 10.4. The van der Waals surface area contributed by atoms with E-state index in [2.05, 4.69) is 41.2 Å². The van der Waals surface area contributed by atoms with E-state index in [1.165, 1.54) is 18.4 Å². The standard InChI is InChI=1S/C15H25N3.2ClH/c1-13(2)3-4-15(14-5-7-16-8-6-14)18-11-9-17-10-12-18;;/h5-8,13,15,17H,3-4,9-12H2,1-2H3;2*1H/t15-;;/m0../s1. The monoisotopic (exact) mass is 319 g/mol. The van der Waals surface area contributed by atoms with Crippen molar-refractivity contribution in [1.29, 1.82) is 0 Å².